The number of hydrogen-bond donors (Lipinski definition) is 2. The highest BCUT2D eigenvalue weighted by atomic mass is 35.5. The normalized spacial score (nSPS) is 10.7. The quantitative estimate of drug-likeness (QED) is 0.541. The van der Waals surface area contributed by atoms with Crippen LogP contribution in [0.25, 0.3) is 10.8 Å². The number of nitrogens with two attached hydrogens (primary N) is 1. The lowest BCUT2D eigenvalue weighted by atomic mass is 10.1. The first kappa shape index (κ1) is 16.1. The van der Waals surface area contributed by atoms with E-state index in [1.807, 2.05) is 42.5 Å². The standard InChI is InChI=1S/C19H14ClN5O/c20-14-6-8-16(22-10-14)25-18-17(21)19(24-11-23-18)26-15-7-5-12-3-1-2-4-13(12)9-15/h1-11H,21H2,(H,22,23,24,25). The van der Waals surface area contributed by atoms with Gasteiger partial charge in [-0.3, -0.25) is 0 Å². The highest BCUT2D eigenvalue weighted by molar-refractivity contribution is 6.30. The zero-order valence-corrected chi connectivity index (χ0v) is 14.3. The molecule has 0 radical (unpaired) electrons. The Hall–Kier alpha value is -3.38. The highest BCUT2D eigenvalue weighted by Crippen LogP contribution is 2.31. The van der Waals surface area contributed by atoms with E-state index in [9.17, 15) is 0 Å². The number of ether oxygens (including phenoxy) is 1. The second-order valence-corrected chi connectivity index (χ2v) is 5.98. The van der Waals surface area contributed by atoms with E-state index in [0.717, 1.165) is 10.8 Å². The average molecular weight is 364 g/mol. The first-order valence-corrected chi connectivity index (χ1v) is 8.22. The van der Waals surface area contributed by atoms with Gasteiger partial charge < -0.3 is 15.8 Å². The molecule has 3 N–H and O–H groups in total. The van der Waals surface area contributed by atoms with Gasteiger partial charge >= 0.3 is 0 Å². The van der Waals surface area contributed by atoms with Gasteiger partial charge in [-0.1, -0.05) is 41.9 Å². The van der Waals surface area contributed by atoms with Gasteiger partial charge in [-0.15, -0.1) is 0 Å². The lowest BCUT2D eigenvalue weighted by Crippen LogP contribution is -2.03. The molecule has 2 aromatic heterocycles. The molecule has 4 rings (SSSR count). The number of rotatable bonds is 4. The molecule has 128 valence electrons. The van der Waals surface area contributed by atoms with Crippen molar-refractivity contribution in [2.45, 2.75) is 0 Å². The number of aromatic nitrogens is 3. The van der Waals surface area contributed by atoms with Crippen LogP contribution in [0.1, 0.15) is 0 Å². The molecular weight excluding hydrogens is 350 g/mol. The zero-order chi connectivity index (χ0) is 17.9. The largest absolute Gasteiger partial charge is 0.437 e. The van der Waals surface area contributed by atoms with E-state index in [1.165, 1.54) is 12.5 Å². The van der Waals surface area contributed by atoms with E-state index in [4.69, 9.17) is 22.1 Å². The molecule has 7 heteroatoms. The molecule has 0 spiro atoms. The lowest BCUT2D eigenvalue weighted by Gasteiger charge is -2.11. The zero-order valence-electron chi connectivity index (χ0n) is 13.6. The van der Waals surface area contributed by atoms with Crippen molar-refractivity contribution in [3.05, 3.63) is 72.1 Å². The molecule has 0 aliphatic heterocycles. The van der Waals surface area contributed by atoms with E-state index in [0.29, 0.717) is 22.4 Å². The number of hydrogen-bond acceptors (Lipinski definition) is 6. The van der Waals surface area contributed by atoms with Gasteiger partial charge in [0.2, 0.25) is 5.88 Å². The molecule has 0 saturated heterocycles. The summed E-state index contributed by atoms with van der Waals surface area (Å²) >= 11 is 5.84. The van der Waals surface area contributed by atoms with Gasteiger partial charge in [-0.05, 0) is 35.0 Å². The summed E-state index contributed by atoms with van der Waals surface area (Å²) in [5.74, 6) is 1.89. The number of benzene rings is 2. The Labute approximate surface area is 154 Å². The van der Waals surface area contributed by atoms with E-state index < -0.39 is 0 Å². The molecule has 6 nitrogen and oxygen atoms in total. The molecule has 2 aromatic carbocycles. The fourth-order valence-electron chi connectivity index (χ4n) is 2.47. The monoisotopic (exact) mass is 363 g/mol. The summed E-state index contributed by atoms with van der Waals surface area (Å²) in [6.07, 6.45) is 2.92. The van der Waals surface area contributed by atoms with Gasteiger partial charge in [0, 0.05) is 6.20 Å². The van der Waals surface area contributed by atoms with Crippen LogP contribution in [-0.4, -0.2) is 15.0 Å². The molecule has 0 aliphatic carbocycles. The minimum absolute atomic E-state index is 0.270. The Bertz CT molecular complexity index is 1070. The number of fused-ring (bicyclic) bond motifs is 1. The molecule has 4 aromatic rings. The summed E-state index contributed by atoms with van der Waals surface area (Å²) in [6.45, 7) is 0. The van der Waals surface area contributed by atoms with Crippen LogP contribution in [0.2, 0.25) is 5.02 Å². The molecule has 0 unspecified atom stereocenters. The van der Waals surface area contributed by atoms with Gasteiger partial charge in [-0.2, -0.15) is 4.98 Å². The molecule has 0 atom stereocenters. The number of nitrogen functional groups attached to an aromatic ring is 1. The third kappa shape index (κ3) is 3.36. The van der Waals surface area contributed by atoms with Crippen molar-refractivity contribution < 1.29 is 4.74 Å². The predicted molar refractivity (Wildman–Crippen MR) is 103 cm³/mol. The molecule has 2 heterocycles. The summed E-state index contributed by atoms with van der Waals surface area (Å²) in [6, 6.07) is 17.3. The summed E-state index contributed by atoms with van der Waals surface area (Å²) in [7, 11) is 0. The predicted octanol–water partition coefficient (Wildman–Crippen LogP) is 4.80. The minimum atomic E-state index is 0.270. The SMILES string of the molecule is Nc1c(Nc2ccc(Cl)cn2)ncnc1Oc1ccc2ccccc2c1. The van der Waals surface area contributed by atoms with Crippen molar-refractivity contribution in [1.29, 1.82) is 0 Å². The van der Waals surface area contributed by atoms with Crippen LogP contribution < -0.4 is 15.8 Å². The molecular formula is C19H14ClN5O. The summed E-state index contributed by atoms with van der Waals surface area (Å²) in [4.78, 5) is 12.4. The Morgan fingerprint density at radius 3 is 2.58 bits per heavy atom. The first-order chi connectivity index (χ1) is 12.7. The third-order valence-corrected chi connectivity index (χ3v) is 3.98. The Balaban J connectivity index is 1.61. The van der Waals surface area contributed by atoms with Gasteiger partial charge in [-0.25, -0.2) is 9.97 Å². The summed E-state index contributed by atoms with van der Waals surface area (Å²) in [5, 5.41) is 5.78. The molecule has 0 amide bonds. The van der Waals surface area contributed by atoms with Gasteiger partial charge in [0.1, 0.15) is 23.6 Å². The van der Waals surface area contributed by atoms with Crippen molar-refractivity contribution in [2.24, 2.45) is 0 Å². The van der Waals surface area contributed by atoms with Crippen LogP contribution in [-0.2, 0) is 0 Å². The fraction of sp³-hybridized carbons (Fsp3) is 0. The number of nitrogens with one attached hydrogen (secondary N) is 1. The topological polar surface area (TPSA) is 86.0 Å². The van der Waals surface area contributed by atoms with E-state index >= 15 is 0 Å². The third-order valence-electron chi connectivity index (χ3n) is 3.76. The maximum atomic E-state index is 6.16. The molecule has 0 aliphatic rings. The second kappa shape index (κ2) is 6.85. The minimum Gasteiger partial charge on any atom is -0.437 e. The Kier molecular flexibility index (Phi) is 4.25. The van der Waals surface area contributed by atoms with Gasteiger partial charge in [0.05, 0.1) is 5.02 Å². The van der Waals surface area contributed by atoms with E-state index in [1.54, 1.807) is 12.1 Å². The fourth-order valence-corrected chi connectivity index (χ4v) is 2.59. The highest BCUT2D eigenvalue weighted by Gasteiger charge is 2.11. The maximum Gasteiger partial charge on any atom is 0.248 e. The van der Waals surface area contributed by atoms with Crippen LogP contribution in [0.15, 0.2) is 67.1 Å². The number of halogens is 1. The van der Waals surface area contributed by atoms with Crippen molar-refractivity contribution in [3.63, 3.8) is 0 Å². The van der Waals surface area contributed by atoms with E-state index in [2.05, 4.69) is 20.3 Å². The lowest BCUT2D eigenvalue weighted by molar-refractivity contribution is 0.465. The molecule has 26 heavy (non-hydrogen) atoms. The average Bonchev–Trinajstić information content (AvgIpc) is 2.67. The number of anilines is 3. The van der Waals surface area contributed by atoms with Gasteiger partial charge in [0.25, 0.3) is 0 Å². The van der Waals surface area contributed by atoms with Gasteiger partial charge in [0.15, 0.2) is 5.82 Å². The van der Waals surface area contributed by atoms with Crippen LogP contribution in [0, 0.1) is 0 Å². The van der Waals surface area contributed by atoms with Crippen LogP contribution in [0.3, 0.4) is 0 Å². The maximum absolute atomic E-state index is 6.16. The van der Waals surface area contributed by atoms with E-state index in [-0.39, 0.29) is 11.6 Å². The number of pyridine rings is 1. The van der Waals surface area contributed by atoms with Crippen LogP contribution in [0.5, 0.6) is 11.6 Å². The molecule has 0 bridgehead atoms. The Morgan fingerprint density at radius 2 is 1.77 bits per heavy atom. The summed E-state index contributed by atoms with van der Waals surface area (Å²) < 4.78 is 5.86. The molecule has 0 fully saturated rings. The van der Waals surface area contributed by atoms with Crippen molar-refractivity contribution in [2.75, 3.05) is 11.1 Å². The van der Waals surface area contributed by atoms with Crippen molar-refractivity contribution >= 4 is 39.7 Å². The van der Waals surface area contributed by atoms with Crippen LogP contribution in [0.4, 0.5) is 17.3 Å². The van der Waals surface area contributed by atoms with Crippen molar-refractivity contribution in [3.8, 4) is 11.6 Å². The number of nitrogens with zero attached hydrogens (tertiary/aromatic N) is 3. The molecule has 0 saturated carbocycles. The first-order valence-electron chi connectivity index (χ1n) is 7.85. The summed E-state index contributed by atoms with van der Waals surface area (Å²) in [5.41, 5.74) is 6.44. The van der Waals surface area contributed by atoms with Crippen molar-refractivity contribution in [1.82, 2.24) is 15.0 Å². The smallest absolute Gasteiger partial charge is 0.248 e. The second-order valence-electron chi connectivity index (χ2n) is 5.54. The Morgan fingerprint density at radius 1 is 0.923 bits per heavy atom. The van der Waals surface area contributed by atoms with Crippen LogP contribution >= 0.6 is 11.6 Å².